The van der Waals surface area contributed by atoms with Gasteiger partial charge in [-0.3, -0.25) is 4.79 Å². The average molecular weight is 492 g/mol. The molecule has 10 heteroatoms. The Labute approximate surface area is 196 Å². The Kier molecular flexibility index (Phi) is 7.02. The fourth-order valence-electron chi connectivity index (χ4n) is 3.40. The van der Waals surface area contributed by atoms with Crippen molar-refractivity contribution in [1.82, 2.24) is 9.29 Å². The van der Waals surface area contributed by atoms with Crippen LogP contribution in [0.4, 0.5) is 5.69 Å². The minimum absolute atomic E-state index is 0.173. The second-order valence-electron chi connectivity index (χ2n) is 7.29. The van der Waals surface area contributed by atoms with Crippen LogP contribution in [0.15, 0.2) is 58.5 Å². The van der Waals surface area contributed by atoms with Crippen molar-refractivity contribution in [3.05, 3.63) is 59.1 Å². The molecule has 1 aliphatic heterocycles. The van der Waals surface area contributed by atoms with E-state index in [0.29, 0.717) is 47.6 Å². The maximum absolute atomic E-state index is 13.0. The Bertz CT molecular complexity index is 1260. The standard InChI is InChI=1S/C22H22ClN3O4S2/c1-15-12-22(31-14-21(27)24-20-5-3-2-4-18(20)23)25-19-7-6-16(13-17(15)19)32(28,29)26-8-10-30-11-9-26/h2-7,12-13H,8-11,14H2,1H3,(H,24,27). The molecule has 0 aliphatic carbocycles. The van der Waals surface area contributed by atoms with Gasteiger partial charge in [-0.05, 0) is 48.9 Å². The number of aryl methyl sites for hydroxylation is 1. The molecular weight excluding hydrogens is 470 g/mol. The first-order valence-electron chi connectivity index (χ1n) is 10.0. The first kappa shape index (κ1) is 23.0. The summed E-state index contributed by atoms with van der Waals surface area (Å²) >= 11 is 7.39. The van der Waals surface area contributed by atoms with Crippen LogP contribution in [0.1, 0.15) is 5.56 Å². The summed E-state index contributed by atoms with van der Waals surface area (Å²) in [4.78, 5) is 17.1. The second-order valence-corrected chi connectivity index (χ2v) is 10.6. The highest BCUT2D eigenvalue weighted by molar-refractivity contribution is 7.99. The summed E-state index contributed by atoms with van der Waals surface area (Å²) in [5.41, 5.74) is 2.14. The lowest BCUT2D eigenvalue weighted by atomic mass is 10.1. The first-order chi connectivity index (χ1) is 15.3. The molecule has 3 aromatic rings. The van der Waals surface area contributed by atoms with Gasteiger partial charge in [0.05, 0.1) is 45.1 Å². The van der Waals surface area contributed by atoms with Gasteiger partial charge < -0.3 is 10.1 Å². The van der Waals surface area contributed by atoms with Gasteiger partial charge in [0.1, 0.15) is 0 Å². The van der Waals surface area contributed by atoms with Gasteiger partial charge >= 0.3 is 0 Å². The smallest absolute Gasteiger partial charge is 0.243 e. The molecule has 1 aliphatic rings. The third-order valence-corrected chi connectivity index (χ3v) is 8.21. The molecule has 0 bridgehead atoms. The van der Waals surface area contributed by atoms with Crippen molar-refractivity contribution in [1.29, 1.82) is 0 Å². The van der Waals surface area contributed by atoms with Gasteiger partial charge in [0.25, 0.3) is 0 Å². The minimum Gasteiger partial charge on any atom is -0.379 e. The maximum Gasteiger partial charge on any atom is 0.243 e. The van der Waals surface area contributed by atoms with E-state index in [4.69, 9.17) is 16.3 Å². The number of pyridine rings is 1. The molecule has 1 N–H and O–H groups in total. The number of halogens is 1. The Hall–Kier alpha value is -2.17. The molecular formula is C22H22ClN3O4S2. The molecule has 0 spiro atoms. The van der Waals surface area contributed by atoms with Gasteiger partial charge in [-0.2, -0.15) is 4.31 Å². The number of hydrogen-bond donors (Lipinski definition) is 1. The maximum atomic E-state index is 13.0. The van der Waals surface area contributed by atoms with Gasteiger partial charge in [-0.1, -0.05) is 35.5 Å². The highest BCUT2D eigenvalue weighted by atomic mass is 35.5. The zero-order valence-corrected chi connectivity index (χ0v) is 19.8. The van der Waals surface area contributed by atoms with Crippen LogP contribution < -0.4 is 5.32 Å². The summed E-state index contributed by atoms with van der Waals surface area (Å²) in [6, 6.07) is 13.9. The number of thioether (sulfide) groups is 1. The van der Waals surface area contributed by atoms with E-state index in [2.05, 4.69) is 10.3 Å². The van der Waals surface area contributed by atoms with E-state index in [-0.39, 0.29) is 16.6 Å². The fraction of sp³-hybridized carbons (Fsp3) is 0.273. The van der Waals surface area contributed by atoms with E-state index < -0.39 is 10.0 Å². The molecule has 2 heterocycles. The number of aromatic nitrogens is 1. The highest BCUT2D eigenvalue weighted by Crippen LogP contribution is 2.28. The van der Waals surface area contributed by atoms with Crippen LogP contribution in [0.5, 0.6) is 0 Å². The highest BCUT2D eigenvalue weighted by Gasteiger charge is 2.26. The number of fused-ring (bicyclic) bond motifs is 1. The van der Waals surface area contributed by atoms with Crippen molar-refractivity contribution in [3.63, 3.8) is 0 Å². The number of anilines is 1. The largest absolute Gasteiger partial charge is 0.379 e. The van der Waals surface area contributed by atoms with Crippen molar-refractivity contribution in [2.24, 2.45) is 0 Å². The van der Waals surface area contributed by atoms with Crippen LogP contribution in [-0.4, -0.2) is 55.7 Å². The second kappa shape index (κ2) is 9.76. The number of ether oxygens (including phenoxy) is 1. The first-order valence-corrected chi connectivity index (χ1v) is 12.8. The predicted octanol–water partition coefficient (Wildman–Crippen LogP) is 3.95. The number of morpholine rings is 1. The lowest BCUT2D eigenvalue weighted by Crippen LogP contribution is -2.40. The summed E-state index contributed by atoms with van der Waals surface area (Å²) < 4.78 is 32.6. The van der Waals surface area contributed by atoms with Gasteiger partial charge in [0.15, 0.2) is 0 Å². The van der Waals surface area contributed by atoms with Crippen LogP contribution in [0, 0.1) is 6.92 Å². The van der Waals surface area contributed by atoms with Crippen LogP contribution in [0.3, 0.4) is 0 Å². The molecule has 2 aromatic carbocycles. The number of nitrogens with one attached hydrogen (secondary N) is 1. The molecule has 1 fully saturated rings. The van der Waals surface area contributed by atoms with E-state index in [1.165, 1.54) is 16.1 Å². The van der Waals surface area contributed by atoms with Crippen LogP contribution in [-0.2, 0) is 19.6 Å². The normalized spacial score (nSPS) is 15.1. The number of hydrogen-bond acceptors (Lipinski definition) is 6. The zero-order valence-electron chi connectivity index (χ0n) is 17.4. The van der Waals surface area contributed by atoms with Crippen molar-refractivity contribution >= 4 is 55.9 Å². The molecule has 1 aromatic heterocycles. The molecule has 0 radical (unpaired) electrons. The Morgan fingerprint density at radius 3 is 2.69 bits per heavy atom. The molecule has 1 amide bonds. The van der Waals surface area contributed by atoms with Gasteiger partial charge in [0.2, 0.25) is 15.9 Å². The molecule has 1 saturated heterocycles. The Morgan fingerprint density at radius 2 is 1.94 bits per heavy atom. The quantitative estimate of drug-likeness (QED) is 0.525. The lowest BCUT2D eigenvalue weighted by Gasteiger charge is -2.26. The summed E-state index contributed by atoms with van der Waals surface area (Å²) in [6.45, 7) is 3.41. The molecule has 4 rings (SSSR count). The van der Waals surface area contributed by atoms with E-state index in [1.54, 1.807) is 42.5 Å². The van der Waals surface area contributed by atoms with Gasteiger partial charge in [0, 0.05) is 18.5 Å². The van der Waals surface area contributed by atoms with E-state index in [9.17, 15) is 13.2 Å². The lowest BCUT2D eigenvalue weighted by molar-refractivity contribution is -0.113. The number of para-hydroxylation sites is 1. The number of carbonyl (C=O) groups is 1. The summed E-state index contributed by atoms with van der Waals surface area (Å²) in [7, 11) is -3.58. The van der Waals surface area contributed by atoms with Crippen molar-refractivity contribution in [2.75, 3.05) is 37.4 Å². The van der Waals surface area contributed by atoms with E-state index in [0.717, 1.165) is 10.9 Å². The van der Waals surface area contributed by atoms with Gasteiger partial charge in [-0.25, -0.2) is 13.4 Å². The number of carbonyl (C=O) groups excluding carboxylic acids is 1. The van der Waals surface area contributed by atoms with Gasteiger partial charge in [-0.15, -0.1) is 0 Å². The van der Waals surface area contributed by atoms with Crippen molar-refractivity contribution in [3.8, 4) is 0 Å². The predicted molar refractivity (Wildman–Crippen MR) is 127 cm³/mol. The Morgan fingerprint density at radius 1 is 1.19 bits per heavy atom. The third-order valence-electron chi connectivity index (χ3n) is 5.07. The Balaban J connectivity index is 1.50. The monoisotopic (exact) mass is 491 g/mol. The molecule has 7 nitrogen and oxygen atoms in total. The molecule has 0 atom stereocenters. The van der Waals surface area contributed by atoms with Crippen molar-refractivity contribution in [2.45, 2.75) is 16.8 Å². The van der Waals surface area contributed by atoms with E-state index in [1.807, 2.05) is 13.0 Å². The summed E-state index contributed by atoms with van der Waals surface area (Å²) in [6.07, 6.45) is 0. The van der Waals surface area contributed by atoms with Crippen LogP contribution >= 0.6 is 23.4 Å². The number of rotatable bonds is 6. The number of benzene rings is 2. The van der Waals surface area contributed by atoms with Crippen LogP contribution in [0.25, 0.3) is 10.9 Å². The average Bonchev–Trinajstić information content (AvgIpc) is 2.79. The SMILES string of the molecule is Cc1cc(SCC(=O)Nc2ccccc2Cl)nc2ccc(S(=O)(=O)N3CCOCC3)cc12. The summed E-state index contributed by atoms with van der Waals surface area (Å²) in [5.74, 6) is -0.0123. The van der Waals surface area contributed by atoms with E-state index >= 15 is 0 Å². The van der Waals surface area contributed by atoms with Crippen molar-refractivity contribution < 1.29 is 17.9 Å². The number of amides is 1. The number of sulfonamides is 1. The topological polar surface area (TPSA) is 88.6 Å². The molecule has 32 heavy (non-hydrogen) atoms. The minimum atomic E-state index is -3.58. The summed E-state index contributed by atoms with van der Waals surface area (Å²) in [5, 5.41) is 4.72. The number of nitrogens with zero attached hydrogens (tertiary/aromatic N) is 2. The molecule has 0 unspecified atom stereocenters. The third kappa shape index (κ3) is 5.07. The molecule has 0 saturated carbocycles. The fourth-order valence-corrected chi connectivity index (χ4v) is 5.79. The zero-order chi connectivity index (χ0) is 22.7. The van der Waals surface area contributed by atoms with Crippen LogP contribution in [0.2, 0.25) is 5.02 Å². The molecule has 168 valence electrons.